The molecule has 2 aliphatic carbocycles. The first kappa shape index (κ1) is 18.7. The Labute approximate surface area is 153 Å². The molecule has 3 rings (SSSR count). The number of carboxylic acids is 1. The van der Waals surface area contributed by atoms with E-state index in [9.17, 15) is 24.6 Å². The highest BCUT2D eigenvalue weighted by Gasteiger charge is 2.48. The number of carboxylic acid groups (broad SMARTS) is 1. The van der Waals surface area contributed by atoms with E-state index in [1.807, 2.05) is 19.9 Å². The molecule has 0 aromatic rings. The molecule has 142 valence electrons. The van der Waals surface area contributed by atoms with E-state index in [1.165, 1.54) is 0 Å². The first-order chi connectivity index (χ1) is 12.4. The number of ketones is 1. The van der Waals surface area contributed by atoms with Crippen LogP contribution in [0.5, 0.6) is 0 Å². The van der Waals surface area contributed by atoms with E-state index in [0.717, 1.165) is 32.1 Å². The van der Waals surface area contributed by atoms with Crippen molar-refractivity contribution in [2.24, 2.45) is 29.6 Å². The monoisotopic (exact) mass is 361 g/mol. The highest BCUT2D eigenvalue weighted by molar-refractivity contribution is 6.27. The molecule has 2 fully saturated rings. The molecule has 1 saturated heterocycles. The number of Topliss-reactive ketones (excluding diaryl/α,β-unsaturated/α-hetero) is 1. The van der Waals surface area contributed by atoms with Gasteiger partial charge in [-0.25, -0.2) is 0 Å². The number of hydrogen-bond donors (Lipinski definition) is 3. The van der Waals surface area contributed by atoms with E-state index in [0.29, 0.717) is 0 Å². The average molecular weight is 361 g/mol. The molecule has 0 aromatic carbocycles. The number of hydrogen-bond acceptors (Lipinski definition) is 4. The van der Waals surface area contributed by atoms with Crippen molar-refractivity contribution in [3.05, 3.63) is 23.5 Å². The van der Waals surface area contributed by atoms with Crippen LogP contribution in [0.15, 0.2) is 23.5 Å². The third kappa shape index (κ3) is 3.06. The Morgan fingerprint density at radius 3 is 2.58 bits per heavy atom. The largest absolute Gasteiger partial charge is 0.511 e. The van der Waals surface area contributed by atoms with Crippen LogP contribution in [0.1, 0.15) is 46.0 Å². The fourth-order valence-corrected chi connectivity index (χ4v) is 4.72. The SMILES string of the molecule is CC[C@H](C)[C@@H]1NC(=O)C(=C(O)[C@@H]2[C@H]3CCCC[C@H]3C=C[C@H]2C(=O)O)C1=O. The van der Waals surface area contributed by atoms with E-state index < -0.39 is 35.5 Å². The molecule has 0 radical (unpaired) electrons. The maximum atomic E-state index is 12.8. The Morgan fingerprint density at radius 1 is 1.23 bits per heavy atom. The second-order valence-corrected chi connectivity index (χ2v) is 7.85. The summed E-state index contributed by atoms with van der Waals surface area (Å²) in [4.78, 5) is 37.0. The average Bonchev–Trinajstić information content (AvgIpc) is 2.93. The molecule has 3 N–H and O–H groups in total. The van der Waals surface area contributed by atoms with Crippen LogP contribution in [0, 0.1) is 29.6 Å². The van der Waals surface area contributed by atoms with Gasteiger partial charge in [0.2, 0.25) is 0 Å². The number of nitrogens with one attached hydrogen (secondary N) is 1. The van der Waals surface area contributed by atoms with E-state index in [1.54, 1.807) is 6.08 Å². The molecule has 0 aromatic heterocycles. The number of carbonyl (C=O) groups excluding carboxylic acids is 2. The number of allylic oxidation sites excluding steroid dienone is 2. The zero-order valence-electron chi connectivity index (χ0n) is 15.3. The van der Waals surface area contributed by atoms with Crippen molar-refractivity contribution in [1.29, 1.82) is 0 Å². The summed E-state index contributed by atoms with van der Waals surface area (Å²) in [6.07, 6.45) is 8.07. The normalized spacial score (nSPS) is 37.1. The number of aliphatic hydroxyl groups excluding tert-OH is 1. The van der Waals surface area contributed by atoms with Crippen LogP contribution in [0.2, 0.25) is 0 Å². The molecule has 0 spiro atoms. The topological polar surface area (TPSA) is 104 Å². The first-order valence-electron chi connectivity index (χ1n) is 9.56. The Morgan fingerprint density at radius 2 is 1.92 bits per heavy atom. The second-order valence-electron chi connectivity index (χ2n) is 7.85. The van der Waals surface area contributed by atoms with Gasteiger partial charge in [-0.3, -0.25) is 14.4 Å². The molecule has 1 saturated carbocycles. The molecule has 6 atom stereocenters. The Kier molecular flexibility index (Phi) is 5.21. The molecule has 6 nitrogen and oxygen atoms in total. The van der Waals surface area contributed by atoms with Crippen LogP contribution < -0.4 is 5.32 Å². The smallest absolute Gasteiger partial charge is 0.311 e. The van der Waals surface area contributed by atoms with E-state index in [4.69, 9.17) is 0 Å². The second kappa shape index (κ2) is 7.25. The summed E-state index contributed by atoms with van der Waals surface area (Å²) >= 11 is 0. The van der Waals surface area contributed by atoms with Gasteiger partial charge in [0.1, 0.15) is 11.3 Å². The number of aliphatic hydroxyl groups is 1. The molecular formula is C20H27NO5. The zero-order valence-corrected chi connectivity index (χ0v) is 15.3. The summed E-state index contributed by atoms with van der Waals surface area (Å²) < 4.78 is 0. The lowest BCUT2D eigenvalue weighted by Crippen LogP contribution is -2.39. The lowest BCUT2D eigenvalue weighted by Gasteiger charge is -2.40. The van der Waals surface area contributed by atoms with Gasteiger partial charge in [0.15, 0.2) is 5.78 Å². The lowest BCUT2D eigenvalue weighted by molar-refractivity contribution is -0.143. The minimum atomic E-state index is -1.04. The first-order valence-corrected chi connectivity index (χ1v) is 9.56. The maximum Gasteiger partial charge on any atom is 0.311 e. The van der Waals surface area contributed by atoms with Gasteiger partial charge in [-0.1, -0.05) is 45.3 Å². The number of amides is 1. The molecule has 0 unspecified atom stereocenters. The number of carbonyl (C=O) groups is 3. The molecule has 1 amide bonds. The van der Waals surface area contributed by atoms with Crippen LogP contribution in [-0.2, 0) is 14.4 Å². The van der Waals surface area contributed by atoms with E-state index >= 15 is 0 Å². The van der Waals surface area contributed by atoms with Gasteiger partial charge in [-0.15, -0.1) is 0 Å². The molecule has 1 heterocycles. The van der Waals surface area contributed by atoms with E-state index in [-0.39, 0.29) is 29.1 Å². The van der Waals surface area contributed by atoms with Crippen molar-refractivity contribution in [1.82, 2.24) is 5.32 Å². The highest BCUT2D eigenvalue weighted by atomic mass is 16.4. The van der Waals surface area contributed by atoms with Gasteiger partial charge >= 0.3 is 5.97 Å². The summed E-state index contributed by atoms with van der Waals surface area (Å²) in [5.41, 5.74) is -0.230. The van der Waals surface area contributed by atoms with Crippen molar-refractivity contribution in [3.8, 4) is 0 Å². The van der Waals surface area contributed by atoms with Crippen LogP contribution >= 0.6 is 0 Å². The summed E-state index contributed by atoms with van der Waals surface area (Å²) in [5.74, 6) is -3.88. The van der Waals surface area contributed by atoms with Gasteiger partial charge in [0, 0.05) is 5.92 Å². The summed E-state index contributed by atoms with van der Waals surface area (Å²) in [5, 5.41) is 23.2. The van der Waals surface area contributed by atoms with Crippen LogP contribution in [0.25, 0.3) is 0 Å². The minimum Gasteiger partial charge on any atom is -0.511 e. The van der Waals surface area contributed by atoms with Crippen molar-refractivity contribution in [3.63, 3.8) is 0 Å². The highest BCUT2D eigenvalue weighted by Crippen LogP contribution is 2.46. The molecule has 1 aliphatic heterocycles. The fourth-order valence-electron chi connectivity index (χ4n) is 4.72. The van der Waals surface area contributed by atoms with Gasteiger partial charge in [0.05, 0.1) is 12.0 Å². The van der Waals surface area contributed by atoms with Crippen molar-refractivity contribution >= 4 is 17.7 Å². The molecule has 3 aliphatic rings. The molecule has 6 heteroatoms. The van der Waals surface area contributed by atoms with Gasteiger partial charge in [-0.05, 0) is 30.6 Å². The quantitative estimate of drug-likeness (QED) is 0.309. The number of fused-ring (bicyclic) bond motifs is 1. The van der Waals surface area contributed by atoms with Crippen molar-refractivity contribution in [2.75, 3.05) is 0 Å². The van der Waals surface area contributed by atoms with Crippen LogP contribution in [0.4, 0.5) is 0 Å². The lowest BCUT2D eigenvalue weighted by atomic mass is 9.63. The summed E-state index contributed by atoms with van der Waals surface area (Å²) in [7, 11) is 0. The molecule has 0 bridgehead atoms. The van der Waals surface area contributed by atoms with Gasteiger partial charge < -0.3 is 15.5 Å². The Balaban J connectivity index is 2.02. The maximum absolute atomic E-state index is 12.8. The third-order valence-corrected chi connectivity index (χ3v) is 6.40. The van der Waals surface area contributed by atoms with E-state index in [2.05, 4.69) is 5.32 Å². The van der Waals surface area contributed by atoms with Crippen molar-refractivity contribution < 1.29 is 24.6 Å². The molecular weight excluding hydrogens is 334 g/mol. The molecule has 26 heavy (non-hydrogen) atoms. The fraction of sp³-hybridized carbons (Fsp3) is 0.650. The standard InChI is InChI=1S/C20H27NO5/c1-3-10(2)16-18(23)15(19(24)21-16)17(22)14-12-7-5-4-6-11(12)8-9-13(14)20(25)26/h8-14,16,22H,3-7H2,1-2H3,(H,21,24)(H,25,26)/t10-,11-,12-,13+,14+,16-/m0/s1. The summed E-state index contributed by atoms with van der Waals surface area (Å²) in [6.45, 7) is 3.81. The van der Waals surface area contributed by atoms with Crippen LogP contribution in [0.3, 0.4) is 0 Å². The van der Waals surface area contributed by atoms with Crippen LogP contribution in [-0.4, -0.2) is 33.9 Å². The van der Waals surface area contributed by atoms with Crippen molar-refractivity contribution in [2.45, 2.75) is 52.0 Å². The third-order valence-electron chi connectivity index (χ3n) is 6.40. The minimum absolute atomic E-state index is 0.0410. The Hall–Kier alpha value is -2.11. The predicted molar refractivity (Wildman–Crippen MR) is 95.3 cm³/mol. The Bertz CT molecular complexity index is 680. The van der Waals surface area contributed by atoms with Gasteiger partial charge in [0.25, 0.3) is 5.91 Å². The zero-order chi connectivity index (χ0) is 19.0. The van der Waals surface area contributed by atoms with Gasteiger partial charge in [-0.2, -0.15) is 0 Å². The predicted octanol–water partition coefficient (Wildman–Crippen LogP) is 2.61. The summed E-state index contributed by atoms with van der Waals surface area (Å²) in [6, 6.07) is -0.644. The number of aliphatic carboxylic acids is 1. The number of rotatable bonds is 4.